The monoisotopic (exact) mass is 380 g/mol. The zero-order valence-corrected chi connectivity index (χ0v) is 17.3. The number of pyridine rings is 1. The molecule has 0 bridgehead atoms. The standard InChI is InChI=1S/C25H36N2O/c1-4-16-27(17-5-1)18-19-28-20-21-8-6-10-22(11-7-9-21)23-14-15-26-25-13-3-2-12-24(23)25/h2-3,12-15,21-22H,1,4-11,16-20H2. The van der Waals surface area contributed by atoms with E-state index in [4.69, 9.17) is 4.74 Å². The fourth-order valence-corrected chi connectivity index (χ4v) is 5.17. The van der Waals surface area contributed by atoms with Crippen LogP contribution in [-0.2, 0) is 4.74 Å². The minimum Gasteiger partial charge on any atom is -0.380 e. The molecule has 3 heteroatoms. The predicted octanol–water partition coefficient (Wildman–Crippen LogP) is 5.79. The maximum atomic E-state index is 6.09. The van der Waals surface area contributed by atoms with Crippen molar-refractivity contribution in [2.75, 3.05) is 32.8 Å². The highest BCUT2D eigenvalue weighted by Crippen LogP contribution is 2.35. The van der Waals surface area contributed by atoms with Gasteiger partial charge in [-0.15, -0.1) is 0 Å². The molecule has 1 saturated heterocycles. The summed E-state index contributed by atoms with van der Waals surface area (Å²) >= 11 is 0. The second kappa shape index (κ2) is 10.4. The summed E-state index contributed by atoms with van der Waals surface area (Å²) in [6.45, 7) is 5.57. The van der Waals surface area contributed by atoms with Crippen LogP contribution >= 0.6 is 0 Å². The fourth-order valence-electron chi connectivity index (χ4n) is 5.17. The second-order valence-electron chi connectivity index (χ2n) is 8.82. The number of ether oxygens (including phenoxy) is 1. The fraction of sp³-hybridized carbons (Fsp3) is 0.640. The van der Waals surface area contributed by atoms with Crippen LogP contribution in [0.1, 0.15) is 69.3 Å². The number of fused-ring (bicyclic) bond motifs is 1. The van der Waals surface area contributed by atoms with Crippen molar-refractivity contribution in [1.82, 2.24) is 9.88 Å². The summed E-state index contributed by atoms with van der Waals surface area (Å²) < 4.78 is 6.09. The van der Waals surface area contributed by atoms with Crippen molar-refractivity contribution in [3.05, 3.63) is 42.1 Å². The van der Waals surface area contributed by atoms with Crippen LogP contribution in [0.25, 0.3) is 10.9 Å². The Morgan fingerprint density at radius 1 is 0.893 bits per heavy atom. The number of rotatable bonds is 6. The lowest BCUT2D eigenvalue weighted by atomic mass is 9.82. The normalized spacial score (nSPS) is 24.7. The van der Waals surface area contributed by atoms with Crippen molar-refractivity contribution < 1.29 is 4.74 Å². The maximum absolute atomic E-state index is 6.09. The summed E-state index contributed by atoms with van der Waals surface area (Å²) in [6.07, 6.45) is 14.0. The first-order valence-electron chi connectivity index (χ1n) is 11.5. The van der Waals surface area contributed by atoms with E-state index in [2.05, 4.69) is 40.2 Å². The molecule has 1 aliphatic heterocycles. The Kier molecular flexibility index (Phi) is 7.35. The van der Waals surface area contributed by atoms with Crippen molar-refractivity contribution in [1.29, 1.82) is 0 Å². The molecule has 2 heterocycles. The Hall–Kier alpha value is -1.45. The van der Waals surface area contributed by atoms with Crippen LogP contribution in [0.2, 0.25) is 0 Å². The van der Waals surface area contributed by atoms with Crippen molar-refractivity contribution in [3.8, 4) is 0 Å². The number of para-hydroxylation sites is 1. The molecular weight excluding hydrogens is 344 g/mol. The number of benzene rings is 1. The van der Waals surface area contributed by atoms with E-state index < -0.39 is 0 Å². The molecule has 3 nitrogen and oxygen atoms in total. The third-order valence-electron chi connectivity index (χ3n) is 6.81. The molecule has 0 amide bonds. The number of nitrogens with zero attached hydrogens (tertiary/aromatic N) is 2. The largest absolute Gasteiger partial charge is 0.380 e. The van der Waals surface area contributed by atoms with Crippen LogP contribution in [0.15, 0.2) is 36.5 Å². The van der Waals surface area contributed by atoms with Gasteiger partial charge in [0.15, 0.2) is 0 Å². The zero-order valence-electron chi connectivity index (χ0n) is 17.3. The first-order chi connectivity index (χ1) is 13.9. The van der Waals surface area contributed by atoms with Gasteiger partial charge in [-0.2, -0.15) is 0 Å². The molecule has 2 aliphatic rings. The lowest BCUT2D eigenvalue weighted by Gasteiger charge is -2.27. The number of aromatic nitrogens is 1. The summed E-state index contributed by atoms with van der Waals surface area (Å²) in [4.78, 5) is 7.12. The molecule has 1 aromatic heterocycles. The van der Waals surface area contributed by atoms with Gasteiger partial charge in [0.2, 0.25) is 0 Å². The summed E-state index contributed by atoms with van der Waals surface area (Å²) in [5.41, 5.74) is 2.66. The molecule has 2 aromatic rings. The van der Waals surface area contributed by atoms with Crippen molar-refractivity contribution in [2.45, 2.75) is 63.7 Å². The second-order valence-corrected chi connectivity index (χ2v) is 8.82. The van der Waals surface area contributed by atoms with E-state index in [1.54, 1.807) is 0 Å². The van der Waals surface area contributed by atoms with Gasteiger partial charge in [-0.1, -0.05) is 37.5 Å². The molecule has 4 rings (SSSR count). The van der Waals surface area contributed by atoms with Crippen LogP contribution in [0.5, 0.6) is 0 Å². The van der Waals surface area contributed by atoms with Gasteiger partial charge in [0.05, 0.1) is 12.1 Å². The van der Waals surface area contributed by atoms with Crippen molar-refractivity contribution in [3.63, 3.8) is 0 Å². The van der Waals surface area contributed by atoms with Gasteiger partial charge in [0, 0.05) is 24.7 Å². The zero-order chi connectivity index (χ0) is 19.0. The third kappa shape index (κ3) is 5.33. The van der Waals surface area contributed by atoms with Crippen LogP contribution in [0.4, 0.5) is 0 Å². The van der Waals surface area contributed by atoms with Gasteiger partial charge in [-0.05, 0) is 81.1 Å². The Bertz CT molecular complexity index is 710. The van der Waals surface area contributed by atoms with E-state index in [0.717, 1.165) is 31.2 Å². The minimum absolute atomic E-state index is 0.689. The topological polar surface area (TPSA) is 25.4 Å². The highest BCUT2D eigenvalue weighted by Gasteiger charge is 2.20. The van der Waals surface area contributed by atoms with Gasteiger partial charge in [-0.25, -0.2) is 0 Å². The van der Waals surface area contributed by atoms with E-state index >= 15 is 0 Å². The van der Waals surface area contributed by atoms with Gasteiger partial charge in [0.1, 0.15) is 0 Å². The summed E-state index contributed by atoms with van der Waals surface area (Å²) in [7, 11) is 0. The molecule has 28 heavy (non-hydrogen) atoms. The van der Waals surface area contributed by atoms with Crippen molar-refractivity contribution in [2.24, 2.45) is 5.92 Å². The van der Waals surface area contributed by atoms with Crippen LogP contribution < -0.4 is 0 Å². The maximum Gasteiger partial charge on any atom is 0.0704 e. The molecule has 2 fully saturated rings. The number of likely N-dealkylation sites (tertiary alicyclic amines) is 1. The Morgan fingerprint density at radius 3 is 2.50 bits per heavy atom. The molecule has 1 saturated carbocycles. The van der Waals surface area contributed by atoms with E-state index in [1.165, 1.54) is 81.8 Å². The average molecular weight is 381 g/mol. The van der Waals surface area contributed by atoms with Gasteiger partial charge < -0.3 is 9.64 Å². The predicted molar refractivity (Wildman–Crippen MR) is 117 cm³/mol. The Labute approximate surface area is 170 Å². The Morgan fingerprint density at radius 2 is 1.68 bits per heavy atom. The minimum atomic E-state index is 0.689. The highest BCUT2D eigenvalue weighted by molar-refractivity contribution is 5.82. The molecule has 1 aliphatic carbocycles. The molecular formula is C25H36N2O. The first-order valence-corrected chi connectivity index (χ1v) is 11.5. The summed E-state index contributed by atoms with van der Waals surface area (Å²) in [5, 5.41) is 1.35. The molecule has 0 N–H and O–H groups in total. The molecule has 1 aromatic carbocycles. The SMILES string of the molecule is c1ccc2c(C3CCCC(COCCN4CCCCC4)CCC3)ccnc2c1. The van der Waals surface area contributed by atoms with Gasteiger partial charge in [0.25, 0.3) is 0 Å². The first kappa shape index (κ1) is 19.8. The van der Waals surface area contributed by atoms with Crippen LogP contribution in [0.3, 0.4) is 0 Å². The highest BCUT2D eigenvalue weighted by atomic mass is 16.5. The van der Waals surface area contributed by atoms with Crippen molar-refractivity contribution >= 4 is 10.9 Å². The van der Waals surface area contributed by atoms with Crippen LogP contribution in [0, 0.1) is 5.92 Å². The smallest absolute Gasteiger partial charge is 0.0704 e. The summed E-state index contributed by atoms with van der Waals surface area (Å²) in [6, 6.07) is 10.9. The molecule has 0 spiro atoms. The number of hydrogen-bond donors (Lipinski definition) is 0. The van der Waals surface area contributed by atoms with Crippen LogP contribution in [-0.4, -0.2) is 42.7 Å². The lowest BCUT2D eigenvalue weighted by Crippen LogP contribution is -2.33. The summed E-state index contributed by atoms with van der Waals surface area (Å²) in [5.74, 6) is 1.45. The van der Waals surface area contributed by atoms with Gasteiger partial charge >= 0.3 is 0 Å². The lowest BCUT2D eigenvalue weighted by molar-refractivity contribution is 0.0653. The molecule has 0 radical (unpaired) electrons. The van der Waals surface area contributed by atoms with E-state index in [-0.39, 0.29) is 0 Å². The molecule has 0 atom stereocenters. The molecule has 152 valence electrons. The third-order valence-corrected chi connectivity index (χ3v) is 6.81. The van der Waals surface area contributed by atoms with E-state index in [0.29, 0.717) is 5.92 Å². The molecule has 0 unspecified atom stereocenters. The Balaban J connectivity index is 1.23. The van der Waals surface area contributed by atoms with E-state index in [1.807, 2.05) is 6.20 Å². The van der Waals surface area contributed by atoms with Gasteiger partial charge in [-0.3, -0.25) is 4.98 Å². The quantitative estimate of drug-likeness (QED) is 0.593. The number of hydrogen-bond acceptors (Lipinski definition) is 3. The number of piperidine rings is 1. The average Bonchev–Trinajstić information content (AvgIpc) is 2.73. The van der Waals surface area contributed by atoms with E-state index in [9.17, 15) is 0 Å².